The van der Waals surface area contributed by atoms with Crippen molar-refractivity contribution in [1.29, 1.82) is 0 Å². The van der Waals surface area contributed by atoms with Gasteiger partial charge in [-0.05, 0) is 25.0 Å². The number of hydrogen-bond donors (Lipinski definition) is 1. The van der Waals surface area contributed by atoms with E-state index in [9.17, 15) is 0 Å². The third kappa shape index (κ3) is 3.98. The molecule has 1 saturated heterocycles. The zero-order valence-electron chi connectivity index (χ0n) is 13.1. The maximum absolute atomic E-state index is 5.91. The van der Waals surface area contributed by atoms with Crippen molar-refractivity contribution in [2.45, 2.75) is 31.5 Å². The van der Waals surface area contributed by atoms with Crippen LogP contribution in [0.2, 0.25) is 0 Å². The summed E-state index contributed by atoms with van der Waals surface area (Å²) in [5, 5.41) is 4.09. The summed E-state index contributed by atoms with van der Waals surface area (Å²) >= 11 is 3.46. The topological polar surface area (TPSA) is 77.4 Å². The van der Waals surface area contributed by atoms with Gasteiger partial charge in [0.15, 0.2) is 0 Å². The smallest absolute Gasteiger partial charge is 0.241 e. The van der Waals surface area contributed by atoms with E-state index in [2.05, 4.69) is 31.0 Å². The molecular formula is C16H21BrN4O2. The molecule has 2 N–H and O–H groups in total. The Morgan fingerprint density at radius 2 is 2.35 bits per heavy atom. The van der Waals surface area contributed by atoms with Crippen molar-refractivity contribution in [3.63, 3.8) is 0 Å². The van der Waals surface area contributed by atoms with E-state index in [-0.39, 0.29) is 6.04 Å². The third-order valence-electron chi connectivity index (χ3n) is 4.28. The second kappa shape index (κ2) is 7.53. The van der Waals surface area contributed by atoms with Gasteiger partial charge in [0.1, 0.15) is 0 Å². The lowest BCUT2D eigenvalue weighted by molar-refractivity contribution is 0.00676. The van der Waals surface area contributed by atoms with E-state index in [0.29, 0.717) is 30.9 Å². The second-order valence-corrected chi connectivity index (χ2v) is 6.68. The molecule has 2 unspecified atom stereocenters. The predicted molar refractivity (Wildman–Crippen MR) is 90.7 cm³/mol. The van der Waals surface area contributed by atoms with Gasteiger partial charge in [0.05, 0.1) is 12.6 Å². The number of methoxy groups -OCH3 is 1. The maximum atomic E-state index is 5.91. The Morgan fingerprint density at radius 1 is 1.48 bits per heavy atom. The van der Waals surface area contributed by atoms with Crippen LogP contribution in [0.15, 0.2) is 33.3 Å². The van der Waals surface area contributed by atoms with Crippen molar-refractivity contribution in [1.82, 2.24) is 15.0 Å². The van der Waals surface area contributed by atoms with Crippen molar-refractivity contribution in [2.75, 3.05) is 20.2 Å². The molecule has 1 fully saturated rings. The number of halogens is 1. The van der Waals surface area contributed by atoms with Crippen molar-refractivity contribution in [3.8, 4) is 11.4 Å². The molecule has 0 amide bonds. The highest BCUT2D eigenvalue weighted by molar-refractivity contribution is 9.10. The molecule has 124 valence electrons. The molecule has 3 rings (SSSR count). The second-order valence-electron chi connectivity index (χ2n) is 5.76. The van der Waals surface area contributed by atoms with Crippen molar-refractivity contribution in [3.05, 3.63) is 34.6 Å². The number of likely N-dealkylation sites (tertiary alicyclic amines) is 1. The first-order chi connectivity index (χ1) is 11.2. The highest BCUT2D eigenvalue weighted by Gasteiger charge is 2.28. The zero-order chi connectivity index (χ0) is 16.2. The quantitative estimate of drug-likeness (QED) is 0.857. The van der Waals surface area contributed by atoms with Crippen LogP contribution in [0.1, 0.15) is 18.7 Å². The summed E-state index contributed by atoms with van der Waals surface area (Å²) in [4.78, 5) is 6.81. The van der Waals surface area contributed by atoms with E-state index in [0.717, 1.165) is 29.4 Å². The Labute approximate surface area is 144 Å². The van der Waals surface area contributed by atoms with Crippen LogP contribution in [0, 0.1) is 0 Å². The summed E-state index contributed by atoms with van der Waals surface area (Å²) in [5.41, 5.74) is 6.84. The molecule has 2 aromatic rings. The van der Waals surface area contributed by atoms with Crippen LogP contribution in [0.4, 0.5) is 0 Å². The minimum atomic E-state index is 0.287. The SMILES string of the molecule is COC1CCN(Cc2nc(-c3cccc(Br)c3)no2)C(CN)C1. The predicted octanol–water partition coefficient (Wildman–Crippen LogP) is 2.44. The van der Waals surface area contributed by atoms with Crippen LogP contribution >= 0.6 is 15.9 Å². The van der Waals surface area contributed by atoms with Crippen LogP contribution in [-0.4, -0.2) is 47.4 Å². The number of hydrogen-bond acceptors (Lipinski definition) is 6. The lowest BCUT2D eigenvalue weighted by Crippen LogP contribution is -2.48. The fraction of sp³-hybridized carbons (Fsp3) is 0.500. The van der Waals surface area contributed by atoms with E-state index in [1.165, 1.54) is 0 Å². The Hall–Kier alpha value is -1.28. The van der Waals surface area contributed by atoms with Crippen LogP contribution < -0.4 is 5.73 Å². The number of aromatic nitrogens is 2. The van der Waals surface area contributed by atoms with Crippen LogP contribution in [0.5, 0.6) is 0 Å². The number of ether oxygens (including phenoxy) is 1. The number of nitrogens with two attached hydrogens (primary N) is 1. The molecule has 2 heterocycles. The van der Waals surface area contributed by atoms with Gasteiger partial charge in [-0.1, -0.05) is 33.2 Å². The molecule has 1 aromatic carbocycles. The van der Waals surface area contributed by atoms with E-state index in [1.807, 2.05) is 24.3 Å². The molecular weight excluding hydrogens is 360 g/mol. The van der Waals surface area contributed by atoms with E-state index < -0.39 is 0 Å². The third-order valence-corrected chi connectivity index (χ3v) is 4.78. The standard InChI is InChI=1S/C16H21BrN4O2/c1-22-14-5-6-21(13(8-14)9-18)10-15-19-16(20-23-15)11-3-2-4-12(17)7-11/h2-4,7,13-14H,5-6,8-10,18H2,1H3. The molecule has 23 heavy (non-hydrogen) atoms. The summed E-state index contributed by atoms with van der Waals surface area (Å²) in [6.45, 7) is 2.15. The molecule has 6 nitrogen and oxygen atoms in total. The lowest BCUT2D eigenvalue weighted by atomic mass is 9.99. The minimum Gasteiger partial charge on any atom is -0.381 e. The molecule has 1 aliphatic rings. The van der Waals surface area contributed by atoms with E-state index in [1.54, 1.807) is 7.11 Å². The highest BCUT2D eigenvalue weighted by Crippen LogP contribution is 2.23. The normalized spacial score (nSPS) is 22.4. The van der Waals surface area contributed by atoms with E-state index >= 15 is 0 Å². The molecule has 0 spiro atoms. The van der Waals surface area contributed by atoms with E-state index in [4.69, 9.17) is 15.0 Å². The Bertz CT molecular complexity index is 649. The van der Waals surface area contributed by atoms with Crippen LogP contribution in [-0.2, 0) is 11.3 Å². The summed E-state index contributed by atoms with van der Waals surface area (Å²) in [7, 11) is 1.76. The molecule has 0 radical (unpaired) electrons. The number of piperidine rings is 1. The fourth-order valence-electron chi connectivity index (χ4n) is 2.97. The first kappa shape index (κ1) is 16.6. The summed E-state index contributed by atoms with van der Waals surface area (Å²) in [6.07, 6.45) is 2.24. The maximum Gasteiger partial charge on any atom is 0.241 e. The highest BCUT2D eigenvalue weighted by atomic mass is 79.9. The molecule has 2 atom stereocenters. The van der Waals surface area contributed by atoms with Gasteiger partial charge in [-0.2, -0.15) is 4.98 Å². The molecule has 1 aliphatic heterocycles. The number of nitrogens with zero attached hydrogens (tertiary/aromatic N) is 3. The number of rotatable bonds is 5. The summed E-state index contributed by atoms with van der Waals surface area (Å²) in [5.74, 6) is 1.23. The molecule has 0 saturated carbocycles. The van der Waals surface area contributed by atoms with Gasteiger partial charge in [0, 0.05) is 36.3 Å². The average Bonchev–Trinajstić information content (AvgIpc) is 3.04. The van der Waals surface area contributed by atoms with Gasteiger partial charge >= 0.3 is 0 Å². The average molecular weight is 381 g/mol. The first-order valence-corrected chi connectivity index (χ1v) is 8.54. The van der Waals surface area contributed by atoms with Crippen molar-refractivity contribution in [2.24, 2.45) is 5.73 Å². The molecule has 0 aliphatic carbocycles. The first-order valence-electron chi connectivity index (χ1n) is 7.75. The van der Waals surface area contributed by atoms with Gasteiger partial charge in [-0.25, -0.2) is 0 Å². The van der Waals surface area contributed by atoms with Gasteiger partial charge in [-0.3, -0.25) is 4.90 Å². The van der Waals surface area contributed by atoms with Crippen molar-refractivity contribution >= 4 is 15.9 Å². The summed E-state index contributed by atoms with van der Waals surface area (Å²) < 4.78 is 11.9. The molecule has 1 aromatic heterocycles. The minimum absolute atomic E-state index is 0.287. The molecule has 0 bridgehead atoms. The largest absolute Gasteiger partial charge is 0.381 e. The van der Waals surface area contributed by atoms with Gasteiger partial charge in [0.2, 0.25) is 11.7 Å². The van der Waals surface area contributed by atoms with Crippen molar-refractivity contribution < 1.29 is 9.26 Å². The van der Waals surface area contributed by atoms with Gasteiger partial charge < -0.3 is 15.0 Å². The Balaban J connectivity index is 1.69. The van der Waals surface area contributed by atoms with Crippen LogP contribution in [0.3, 0.4) is 0 Å². The fourth-order valence-corrected chi connectivity index (χ4v) is 3.37. The monoisotopic (exact) mass is 380 g/mol. The zero-order valence-corrected chi connectivity index (χ0v) is 14.7. The van der Waals surface area contributed by atoms with Gasteiger partial charge in [0.25, 0.3) is 0 Å². The van der Waals surface area contributed by atoms with Crippen LogP contribution in [0.25, 0.3) is 11.4 Å². The lowest BCUT2D eigenvalue weighted by Gasteiger charge is -2.37. The molecule has 7 heteroatoms. The Morgan fingerprint density at radius 3 is 3.09 bits per heavy atom. The van der Waals surface area contributed by atoms with Gasteiger partial charge in [-0.15, -0.1) is 0 Å². The Kier molecular flexibility index (Phi) is 5.42. The number of benzene rings is 1. The summed E-state index contributed by atoms with van der Waals surface area (Å²) in [6, 6.07) is 8.15.